The fourth-order valence-electron chi connectivity index (χ4n) is 4.40. The molecule has 0 saturated carbocycles. The normalized spacial score (nSPS) is 20.7. The third kappa shape index (κ3) is 2.53. The zero-order valence-electron chi connectivity index (χ0n) is 15.6. The maximum Gasteiger partial charge on any atom is 0.280 e. The molecular formula is C21H20N4O2S. The van der Waals surface area contributed by atoms with Gasteiger partial charge in [0.1, 0.15) is 5.82 Å². The Morgan fingerprint density at radius 1 is 1.11 bits per heavy atom. The summed E-state index contributed by atoms with van der Waals surface area (Å²) in [5, 5.41) is 10.7. The summed E-state index contributed by atoms with van der Waals surface area (Å²) in [6.07, 6.45) is 1.64. The first-order valence-corrected chi connectivity index (χ1v) is 10.3. The minimum Gasteiger partial charge on any atom is -0.337 e. The van der Waals surface area contributed by atoms with Crippen molar-refractivity contribution in [3.63, 3.8) is 0 Å². The van der Waals surface area contributed by atoms with E-state index in [9.17, 15) is 9.59 Å². The fraction of sp³-hybridized carbons (Fsp3) is 0.333. The van der Waals surface area contributed by atoms with Crippen LogP contribution in [-0.2, 0) is 12.0 Å². The lowest BCUT2D eigenvalue weighted by Crippen LogP contribution is -2.35. The second-order valence-electron chi connectivity index (χ2n) is 7.63. The number of likely N-dealkylation sites (tertiary alicyclic amines) is 1. The van der Waals surface area contributed by atoms with Crippen LogP contribution < -0.4 is 5.56 Å². The van der Waals surface area contributed by atoms with Gasteiger partial charge in [-0.2, -0.15) is 0 Å². The highest BCUT2D eigenvalue weighted by atomic mass is 32.1. The van der Waals surface area contributed by atoms with Gasteiger partial charge in [-0.3, -0.25) is 14.2 Å². The van der Waals surface area contributed by atoms with Crippen LogP contribution in [0.25, 0.3) is 11.3 Å². The summed E-state index contributed by atoms with van der Waals surface area (Å²) < 4.78 is 1.76. The van der Waals surface area contributed by atoms with Crippen LogP contribution in [0.2, 0.25) is 0 Å². The molecule has 1 saturated heterocycles. The van der Waals surface area contributed by atoms with E-state index in [0.717, 1.165) is 34.7 Å². The highest BCUT2D eigenvalue weighted by Crippen LogP contribution is 2.41. The first-order chi connectivity index (χ1) is 13.6. The molecule has 1 amide bonds. The average Bonchev–Trinajstić information content (AvgIpc) is 3.43. The smallest absolute Gasteiger partial charge is 0.280 e. The Morgan fingerprint density at radius 2 is 1.89 bits per heavy atom. The number of carbonyl (C=O) groups is 1. The van der Waals surface area contributed by atoms with E-state index in [1.54, 1.807) is 4.57 Å². The van der Waals surface area contributed by atoms with Gasteiger partial charge < -0.3 is 4.90 Å². The van der Waals surface area contributed by atoms with Crippen LogP contribution in [0, 0.1) is 6.92 Å². The van der Waals surface area contributed by atoms with Gasteiger partial charge in [0, 0.05) is 25.2 Å². The Morgan fingerprint density at radius 3 is 2.64 bits per heavy atom. The van der Waals surface area contributed by atoms with Crippen molar-refractivity contribution in [2.45, 2.75) is 31.7 Å². The first kappa shape index (κ1) is 17.3. The number of carbonyl (C=O) groups excluding carboxylic acids is 1. The zero-order valence-corrected chi connectivity index (χ0v) is 16.4. The lowest BCUT2D eigenvalue weighted by Gasteiger charge is -2.23. The molecule has 1 fully saturated rings. The molecule has 0 radical (unpaired) electrons. The van der Waals surface area contributed by atoms with Crippen LogP contribution in [0.4, 0.5) is 0 Å². The van der Waals surface area contributed by atoms with Crippen molar-refractivity contribution in [1.29, 1.82) is 0 Å². The number of benzene rings is 1. The van der Waals surface area contributed by atoms with Crippen molar-refractivity contribution in [3.8, 4) is 11.3 Å². The summed E-state index contributed by atoms with van der Waals surface area (Å²) in [6.45, 7) is 3.88. The Labute approximate surface area is 166 Å². The molecule has 5 rings (SSSR count). The van der Waals surface area contributed by atoms with E-state index in [4.69, 9.17) is 0 Å². The summed E-state index contributed by atoms with van der Waals surface area (Å²) in [7, 11) is 0. The zero-order chi connectivity index (χ0) is 19.3. The molecule has 7 heteroatoms. The van der Waals surface area contributed by atoms with Crippen LogP contribution in [0.3, 0.4) is 0 Å². The predicted octanol–water partition coefficient (Wildman–Crippen LogP) is 2.86. The number of amides is 1. The molecule has 2 aliphatic rings. The number of aromatic nitrogens is 3. The van der Waals surface area contributed by atoms with Crippen LogP contribution >= 0.6 is 11.3 Å². The Bertz CT molecular complexity index is 1120. The van der Waals surface area contributed by atoms with E-state index in [1.807, 2.05) is 53.6 Å². The first-order valence-electron chi connectivity index (χ1n) is 9.46. The highest BCUT2D eigenvalue weighted by molar-refractivity contribution is 7.12. The molecular weight excluding hydrogens is 372 g/mol. The summed E-state index contributed by atoms with van der Waals surface area (Å²) in [4.78, 5) is 28.7. The van der Waals surface area contributed by atoms with E-state index >= 15 is 0 Å². The summed E-state index contributed by atoms with van der Waals surface area (Å²) in [5.41, 5.74) is 1.84. The van der Waals surface area contributed by atoms with Gasteiger partial charge in [-0.1, -0.05) is 30.3 Å². The molecule has 0 aliphatic carbocycles. The SMILES string of the molecule is Cc1ccsc1C(=O)N1CCC2(CCn3c2nnc(-c2ccccc2)c3=O)C1. The van der Waals surface area contributed by atoms with E-state index in [-0.39, 0.29) is 16.9 Å². The van der Waals surface area contributed by atoms with Crippen molar-refractivity contribution in [3.05, 3.63) is 68.4 Å². The van der Waals surface area contributed by atoms with Gasteiger partial charge in [-0.25, -0.2) is 0 Å². The highest BCUT2D eigenvalue weighted by Gasteiger charge is 2.48. The predicted molar refractivity (Wildman–Crippen MR) is 108 cm³/mol. The molecule has 2 aromatic heterocycles. The molecule has 1 spiro atoms. The van der Waals surface area contributed by atoms with Crippen LogP contribution in [0.5, 0.6) is 0 Å². The van der Waals surface area contributed by atoms with E-state index in [1.165, 1.54) is 11.3 Å². The van der Waals surface area contributed by atoms with Gasteiger partial charge in [-0.05, 0) is 36.8 Å². The van der Waals surface area contributed by atoms with Crippen LogP contribution in [-0.4, -0.2) is 38.7 Å². The van der Waals surface area contributed by atoms with Crippen molar-refractivity contribution in [2.75, 3.05) is 13.1 Å². The van der Waals surface area contributed by atoms with Crippen LogP contribution in [0.1, 0.15) is 33.9 Å². The Hall–Kier alpha value is -2.80. The van der Waals surface area contributed by atoms with E-state index in [0.29, 0.717) is 25.3 Å². The van der Waals surface area contributed by atoms with Gasteiger partial charge in [-0.15, -0.1) is 21.5 Å². The Balaban J connectivity index is 1.47. The molecule has 3 aromatic rings. The minimum atomic E-state index is -0.262. The van der Waals surface area contributed by atoms with Crippen molar-refractivity contribution in [2.24, 2.45) is 0 Å². The Kier molecular flexibility index (Phi) is 3.94. The van der Waals surface area contributed by atoms with Crippen LogP contribution in [0.15, 0.2) is 46.6 Å². The molecule has 142 valence electrons. The average molecular weight is 392 g/mol. The molecule has 1 unspecified atom stereocenters. The third-order valence-electron chi connectivity index (χ3n) is 5.98. The minimum absolute atomic E-state index is 0.0824. The van der Waals surface area contributed by atoms with Crippen molar-refractivity contribution in [1.82, 2.24) is 19.7 Å². The lowest BCUT2D eigenvalue weighted by atomic mass is 9.85. The topological polar surface area (TPSA) is 68.1 Å². The third-order valence-corrected chi connectivity index (χ3v) is 6.99. The number of fused-ring (bicyclic) bond motifs is 2. The number of hydrogen-bond acceptors (Lipinski definition) is 5. The maximum absolute atomic E-state index is 13.0. The summed E-state index contributed by atoms with van der Waals surface area (Å²) in [5.74, 6) is 0.814. The number of thiophene rings is 1. The molecule has 1 atom stereocenters. The van der Waals surface area contributed by atoms with Crippen molar-refractivity contribution >= 4 is 17.2 Å². The van der Waals surface area contributed by atoms with E-state index < -0.39 is 0 Å². The summed E-state index contributed by atoms with van der Waals surface area (Å²) in [6, 6.07) is 11.4. The van der Waals surface area contributed by atoms with Crippen molar-refractivity contribution < 1.29 is 4.79 Å². The molecule has 4 heterocycles. The number of nitrogens with zero attached hydrogens (tertiary/aromatic N) is 4. The molecule has 1 aromatic carbocycles. The van der Waals surface area contributed by atoms with Gasteiger partial charge in [0.15, 0.2) is 5.69 Å². The number of hydrogen-bond donors (Lipinski definition) is 0. The van der Waals surface area contributed by atoms with Gasteiger partial charge in [0.05, 0.1) is 10.3 Å². The number of aryl methyl sites for hydroxylation is 1. The summed E-state index contributed by atoms with van der Waals surface area (Å²) >= 11 is 1.49. The fourth-order valence-corrected chi connectivity index (χ4v) is 5.29. The lowest BCUT2D eigenvalue weighted by molar-refractivity contribution is 0.0787. The molecule has 0 N–H and O–H groups in total. The standard InChI is InChI=1S/C21H20N4O2S/c1-14-7-12-28-17(14)19(27)24-10-8-21(13-24)9-11-25-18(26)16(22-23-20(21)25)15-5-3-2-4-6-15/h2-7,12H,8-11,13H2,1H3. The second-order valence-corrected chi connectivity index (χ2v) is 8.55. The monoisotopic (exact) mass is 392 g/mol. The van der Waals surface area contributed by atoms with E-state index in [2.05, 4.69) is 10.2 Å². The van der Waals surface area contributed by atoms with Gasteiger partial charge in [0.2, 0.25) is 0 Å². The number of rotatable bonds is 2. The molecule has 0 bridgehead atoms. The molecule has 6 nitrogen and oxygen atoms in total. The molecule has 28 heavy (non-hydrogen) atoms. The van der Waals surface area contributed by atoms with Gasteiger partial charge in [0.25, 0.3) is 11.5 Å². The maximum atomic E-state index is 13.0. The largest absolute Gasteiger partial charge is 0.337 e. The second kappa shape index (κ2) is 6.38. The van der Waals surface area contributed by atoms with Gasteiger partial charge >= 0.3 is 0 Å². The molecule has 2 aliphatic heterocycles. The quantitative estimate of drug-likeness (QED) is 0.673.